The summed E-state index contributed by atoms with van der Waals surface area (Å²) in [7, 11) is 0. The molecule has 1 fully saturated rings. The minimum Gasteiger partial charge on any atom is -0.462 e. The van der Waals surface area contributed by atoms with Gasteiger partial charge in [0.2, 0.25) is 0 Å². The van der Waals surface area contributed by atoms with Crippen molar-refractivity contribution < 1.29 is 9.52 Å². The van der Waals surface area contributed by atoms with Crippen LogP contribution in [0, 0.1) is 5.92 Å². The monoisotopic (exact) mass is 181 g/mol. The molecule has 1 aliphatic carbocycles. The van der Waals surface area contributed by atoms with Crippen molar-refractivity contribution in [2.75, 3.05) is 0 Å². The van der Waals surface area contributed by atoms with Gasteiger partial charge in [-0.15, -0.1) is 0 Å². The maximum absolute atomic E-state index is 8.77. The topological polar surface area (TPSA) is 45.4 Å². The van der Waals surface area contributed by atoms with Crippen molar-refractivity contribution >= 4 is 0 Å². The summed E-state index contributed by atoms with van der Waals surface area (Å²) in [6.45, 7) is 2.99. The largest absolute Gasteiger partial charge is 0.462 e. The van der Waals surface area contributed by atoms with Gasteiger partial charge in [0.1, 0.15) is 18.1 Å². The Kier molecular flexibility index (Phi) is 2.38. The van der Waals surface area contributed by atoms with Crippen LogP contribution in [0.4, 0.5) is 0 Å². The SMILES string of the molecule is CC1CC1NCc1ccc(CO)o1. The predicted molar refractivity (Wildman–Crippen MR) is 49.0 cm³/mol. The van der Waals surface area contributed by atoms with E-state index in [9.17, 15) is 0 Å². The minimum atomic E-state index is -0.0141. The summed E-state index contributed by atoms with van der Waals surface area (Å²) in [5, 5.41) is 12.2. The normalized spacial score (nSPS) is 26.3. The number of furan rings is 1. The second kappa shape index (κ2) is 3.52. The summed E-state index contributed by atoms with van der Waals surface area (Å²) in [6.07, 6.45) is 1.27. The summed E-state index contributed by atoms with van der Waals surface area (Å²) in [5.74, 6) is 2.36. The van der Waals surface area contributed by atoms with Gasteiger partial charge in [0, 0.05) is 6.04 Å². The zero-order chi connectivity index (χ0) is 9.26. The van der Waals surface area contributed by atoms with E-state index in [1.54, 1.807) is 0 Å². The molecule has 13 heavy (non-hydrogen) atoms. The molecule has 2 N–H and O–H groups in total. The molecule has 0 aliphatic heterocycles. The molecular formula is C10H15NO2. The first kappa shape index (κ1) is 8.78. The summed E-state index contributed by atoms with van der Waals surface area (Å²) >= 11 is 0. The Balaban J connectivity index is 1.80. The third-order valence-electron chi connectivity index (χ3n) is 2.52. The van der Waals surface area contributed by atoms with Crippen LogP contribution in [0.2, 0.25) is 0 Å². The Hall–Kier alpha value is -0.800. The Bertz CT molecular complexity index is 282. The highest BCUT2D eigenvalue weighted by atomic mass is 16.4. The third kappa shape index (κ3) is 2.11. The molecule has 1 aliphatic rings. The van der Waals surface area contributed by atoms with Gasteiger partial charge in [-0.2, -0.15) is 0 Å². The minimum absolute atomic E-state index is 0.0141. The molecule has 2 rings (SSSR count). The number of hydrogen-bond donors (Lipinski definition) is 2. The lowest BCUT2D eigenvalue weighted by Gasteiger charge is -1.98. The first-order valence-corrected chi connectivity index (χ1v) is 4.71. The standard InChI is InChI=1S/C10H15NO2/c1-7-4-10(7)11-5-8-2-3-9(6-12)13-8/h2-3,7,10-12H,4-6H2,1H3. The van der Waals surface area contributed by atoms with Gasteiger partial charge in [-0.1, -0.05) is 6.92 Å². The molecule has 1 heterocycles. The summed E-state index contributed by atoms with van der Waals surface area (Å²) in [6, 6.07) is 4.39. The van der Waals surface area contributed by atoms with Crippen molar-refractivity contribution in [3.8, 4) is 0 Å². The van der Waals surface area contributed by atoms with Gasteiger partial charge in [0.15, 0.2) is 0 Å². The van der Waals surface area contributed by atoms with E-state index in [1.165, 1.54) is 6.42 Å². The van der Waals surface area contributed by atoms with Crippen LogP contribution in [-0.4, -0.2) is 11.1 Å². The maximum atomic E-state index is 8.77. The lowest BCUT2D eigenvalue weighted by molar-refractivity contribution is 0.242. The van der Waals surface area contributed by atoms with E-state index in [1.807, 2.05) is 12.1 Å². The second-order valence-electron chi connectivity index (χ2n) is 3.73. The van der Waals surface area contributed by atoms with Gasteiger partial charge >= 0.3 is 0 Å². The number of nitrogens with one attached hydrogen (secondary N) is 1. The highest BCUT2D eigenvalue weighted by molar-refractivity contribution is 5.06. The summed E-state index contributed by atoms with van der Waals surface area (Å²) in [5.41, 5.74) is 0. The molecule has 72 valence electrons. The van der Waals surface area contributed by atoms with E-state index in [-0.39, 0.29) is 6.61 Å². The van der Waals surface area contributed by atoms with Gasteiger partial charge in [0.05, 0.1) is 6.54 Å². The van der Waals surface area contributed by atoms with E-state index in [0.29, 0.717) is 11.8 Å². The highest BCUT2D eigenvalue weighted by Crippen LogP contribution is 2.29. The Morgan fingerprint density at radius 1 is 1.54 bits per heavy atom. The van der Waals surface area contributed by atoms with Crippen molar-refractivity contribution in [2.24, 2.45) is 5.92 Å². The molecular weight excluding hydrogens is 166 g/mol. The van der Waals surface area contributed by atoms with Crippen molar-refractivity contribution in [3.05, 3.63) is 23.7 Å². The van der Waals surface area contributed by atoms with Gasteiger partial charge in [-0.05, 0) is 24.5 Å². The molecule has 0 saturated heterocycles. The molecule has 1 aromatic rings. The first-order valence-electron chi connectivity index (χ1n) is 4.71. The lowest BCUT2D eigenvalue weighted by atomic mass is 10.4. The Morgan fingerprint density at radius 2 is 2.23 bits per heavy atom. The molecule has 0 aromatic carbocycles. The van der Waals surface area contributed by atoms with E-state index in [0.717, 1.165) is 18.2 Å². The van der Waals surface area contributed by atoms with Crippen LogP contribution in [0.1, 0.15) is 24.9 Å². The van der Waals surface area contributed by atoms with Gasteiger partial charge in [0.25, 0.3) is 0 Å². The fraction of sp³-hybridized carbons (Fsp3) is 0.600. The Labute approximate surface area is 77.8 Å². The molecule has 2 unspecified atom stereocenters. The van der Waals surface area contributed by atoms with Crippen molar-refractivity contribution in [1.29, 1.82) is 0 Å². The van der Waals surface area contributed by atoms with Crippen LogP contribution >= 0.6 is 0 Å². The highest BCUT2D eigenvalue weighted by Gasteiger charge is 2.31. The van der Waals surface area contributed by atoms with Crippen LogP contribution in [0.5, 0.6) is 0 Å². The molecule has 0 bridgehead atoms. The predicted octanol–water partition coefficient (Wildman–Crippen LogP) is 1.27. The Morgan fingerprint density at radius 3 is 2.77 bits per heavy atom. The molecule has 0 spiro atoms. The van der Waals surface area contributed by atoms with E-state index >= 15 is 0 Å². The molecule has 0 amide bonds. The molecule has 3 nitrogen and oxygen atoms in total. The zero-order valence-electron chi connectivity index (χ0n) is 7.79. The van der Waals surface area contributed by atoms with Gasteiger partial charge in [-0.3, -0.25) is 0 Å². The van der Waals surface area contributed by atoms with Crippen LogP contribution < -0.4 is 5.32 Å². The number of aliphatic hydroxyl groups is 1. The van der Waals surface area contributed by atoms with Crippen LogP contribution in [0.25, 0.3) is 0 Å². The van der Waals surface area contributed by atoms with Gasteiger partial charge in [-0.25, -0.2) is 0 Å². The molecule has 1 saturated carbocycles. The van der Waals surface area contributed by atoms with E-state index < -0.39 is 0 Å². The first-order chi connectivity index (χ1) is 6.29. The average Bonchev–Trinajstić information content (AvgIpc) is 2.68. The molecule has 0 radical (unpaired) electrons. The fourth-order valence-electron chi connectivity index (χ4n) is 1.44. The molecule has 1 aromatic heterocycles. The number of rotatable bonds is 4. The third-order valence-corrected chi connectivity index (χ3v) is 2.52. The van der Waals surface area contributed by atoms with Gasteiger partial charge < -0.3 is 14.8 Å². The van der Waals surface area contributed by atoms with Crippen LogP contribution in [0.15, 0.2) is 16.5 Å². The maximum Gasteiger partial charge on any atom is 0.129 e. The molecule has 3 heteroatoms. The van der Waals surface area contributed by atoms with E-state index in [4.69, 9.17) is 9.52 Å². The smallest absolute Gasteiger partial charge is 0.129 e. The average molecular weight is 181 g/mol. The quantitative estimate of drug-likeness (QED) is 0.735. The second-order valence-corrected chi connectivity index (χ2v) is 3.73. The zero-order valence-corrected chi connectivity index (χ0v) is 7.79. The van der Waals surface area contributed by atoms with Crippen LogP contribution in [-0.2, 0) is 13.2 Å². The number of hydrogen-bond acceptors (Lipinski definition) is 3. The fourth-order valence-corrected chi connectivity index (χ4v) is 1.44. The van der Waals surface area contributed by atoms with Crippen molar-refractivity contribution in [1.82, 2.24) is 5.32 Å². The molecule has 2 atom stereocenters. The summed E-state index contributed by atoms with van der Waals surface area (Å²) in [4.78, 5) is 0. The lowest BCUT2D eigenvalue weighted by Crippen LogP contribution is -2.16. The summed E-state index contributed by atoms with van der Waals surface area (Å²) < 4.78 is 5.33. The van der Waals surface area contributed by atoms with E-state index in [2.05, 4.69) is 12.2 Å². The van der Waals surface area contributed by atoms with Crippen molar-refractivity contribution in [3.63, 3.8) is 0 Å². The van der Waals surface area contributed by atoms with Crippen molar-refractivity contribution in [2.45, 2.75) is 32.5 Å². The van der Waals surface area contributed by atoms with Crippen LogP contribution in [0.3, 0.4) is 0 Å². The number of aliphatic hydroxyl groups excluding tert-OH is 1.